The molecule has 1 aliphatic heterocycles. The summed E-state index contributed by atoms with van der Waals surface area (Å²) in [6.45, 7) is 2.99. The lowest BCUT2D eigenvalue weighted by atomic mass is 10.2. The monoisotopic (exact) mass is 372 g/mol. The molecule has 10 heteroatoms. The van der Waals surface area contributed by atoms with Crippen LogP contribution in [0, 0.1) is 0 Å². The average Bonchev–Trinajstić information content (AvgIpc) is 2.56. The van der Waals surface area contributed by atoms with Gasteiger partial charge in [-0.1, -0.05) is 6.42 Å². The van der Waals surface area contributed by atoms with Crippen molar-refractivity contribution in [2.45, 2.75) is 31.1 Å². The zero-order chi connectivity index (χ0) is 17.6. The van der Waals surface area contributed by atoms with E-state index in [0.29, 0.717) is 18.9 Å². The molecule has 2 heterocycles. The maximum atomic E-state index is 12.5. The number of aromatic nitrogens is 1. The van der Waals surface area contributed by atoms with Gasteiger partial charge in [-0.2, -0.15) is 4.31 Å². The molecule has 1 aliphatic rings. The van der Waals surface area contributed by atoms with Gasteiger partial charge in [0.1, 0.15) is 10.7 Å². The lowest BCUT2D eigenvalue weighted by Crippen LogP contribution is -2.36. The summed E-state index contributed by atoms with van der Waals surface area (Å²) in [5.41, 5.74) is 0. The Hall–Kier alpha value is -1.78. The van der Waals surface area contributed by atoms with Gasteiger partial charge in [0.05, 0.1) is 6.61 Å². The van der Waals surface area contributed by atoms with E-state index < -0.39 is 16.1 Å². The lowest BCUT2D eigenvalue weighted by molar-refractivity contribution is 0.158. The second kappa shape index (κ2) is 8.36. The third-order valence-electron chi connectivity index (χ3n) is 3.42. The number of ether oxygens (including phenoxy) is 1. The molecule has 8 nitrogen and oxygen atoms in total. The average molecular weight is 372 g/mol. The highest BCUT2D eigenvalue weighted by molar-refractivity contribution is 7.89. The van der Waals surface area contributed by atoms with Gasteiger partial charge in [0.15, 0.2) is 5.11 Å². The highest BCUT2D eigenvalue weighted by Crippen LogP contribution is 2.20. The fourth-order valence-corrected chi connectivity index (χ4v) is 3.92. The standard InChI is InChI=1S/C14H20N4O4S2/c1-2-22-14(19)17-13(23)16-12-7-6-11(10-15-12)24(20,21)18-8-4-3-5-9-18/h6-7,10H,2-5,8-9H2,1H3,(H2,15,16,17,19,23). The molecular formula is C14H20N4O4S2. The minimum atomic E-state index is -3.51. The first-order chi connectivity index (χ1) is 11.4. The molecule has 0 saturated carbocycles. The second-order valence-electron chi connectivity index (χ2n) is 5.14. The van der Waals surface area contributed by atoms with Gasteiger partial charge in [0, 0.05) is 19.3 Å². The van der Waals surface area contributed by atoms with E-state index in [4.69, 9.17) is 17.0 Å². The summed E-state index contributed by atoms with van der Waals surface area (Å²) in [7, 11) is -3.51. The van der Waals surface area contributed by atoms with Gasteiger partial charge in [0.25, 0.3) is 0 Å². The Morgan fingerprint density at radius 3 is 2.62 bits per heavy atom. The summed E-state index contributed by atoms with van der Waals surface area (Å²) >= 11 is 4.95. The van der Waals surface area contributed by atoms with E-state index in [1.165, 1.54) is 22.6 Å². The van der Waals surface area contributed by atoms with Crippen molar-refractivity contribution in [3.63, 3.8) is 0 Å². The molecule has 1 aromatic heterocycles. The highest BCUT2D eigenvalue weighted by Gasteiger charge is 2.26. The molecule has 0 aliphatic carbocycles. The Balaban J connectivity index is 1.99. The van der Waals surface area contributed by atoms with Crippen LogP contribution in [0.25, 0.3) is 0 Å². The number of carbonyl (C=O) groups excluding carboxylic acids is 1. The Labute approximate surface area is 146 Å². The largest absolute Gasteiger partial charge is 0.450 e. The third-order valence-corrected chi connectivity index (χ3v) is 5.51. The number of anilines is 1. The van der Waals surface area contributed by atoms with Crippen molar-refractivity contribution >= 4 is 39.3 Å². The van der Waals surface area contributed by atoms with Crippen LogP contribution in [0.3, 0.4) is 0 Å². The number of pyridine rings is 1. The molecular weight excluding hydrogens is 352 g/mol. The number of nitrogens with zero attached hydrogens (tertiary/aromatic N) is 2. The Kier molecular flexibility index (Phi) is 6.46. The molecule has 1 fully saturated rings. The fourth-order valence-electron chi connectivity index (χ4n) is 2.27. The van der Waals surface area contributed by atoms with Crippen LogP contribution in [0.5, 0.6) is 0 Å². The molecule has 132 valence electrons. The van der Waals surface area contributed by atoms with Crippen molar-refractivity contribution in [2.75, 3.05) is 25.0 Å². The van der Waals surface area contributed by atoms with Crippen molar-refractivity contribution in [3.05, 3.63) is 18.3 Å². The molecule has 0 bridgehead atoms. The van der Waals surface area contributed by atoms with E-state index in [2.05, 4.69) is 15.6 Å². The molecule has 0 spiro atoms. The maximum absolute atomic E-state index is 12.5. The fraction of sp³-hybridized carbons (Fsp3) is 0.500. The third kappa shape index (κ3) is 4.86. The first-order valence-electron chi connectivity index (χ1n) is 7.64. The van der Waals surface area contributed by atoms with Crippen LogP contribution in [0.4, 0.5) is 10.6 Å². The smallest absolute Gasteiger partial charge is 0.413 e. The van der Waals surface area contributed by atoms with E-state index in [9.17, 15) is 13.2 Å². The second-order valence-corrected chi connectivity index (χ2v) is 7.49. The number of carbonyl (C=O) groups is 1. The number of amides is 1. The van der Waals surface area contributed by atoms with E-state index in [0.717, 1.165) is 19.3 Å². The molecule has 0 radical (unpaired) electrons. The topological polar surface area (TPSA) is 101 Å². The molecule has 0 atom stereocenters. The predicted octanol–water partition coefficient (Wildman–Crippen LogP) is 1.70. The van der Waals surface area contributed by atoms with Crippen molar-refractivity contribution in [1.82, 2.24) is 14.6 Å². The van der Waals surface area contributed by atoms with E-state index in [-0.39, 0.29) is 16.6 Å². The van der Waals surface area contributed by atoms with Crippen LogP contribution < -0.4 is 10.6 Å². The molecule has 24 heavy (non-hydrogen) atoms. The number of thiocarbonyl (C=S) groups is 1. The van der Waals surface area contributed by atoms with Crippen LogP contribution in [0.15, 0.2) is 23.2 Å². The molecule has 2 N–H and O–H groups in total. The zero-order valence-corrected chi connectivity index (χ0v) is 15.0. The van der Waals surface area contributed by atoms with Gasteiger partial charge in [-0.3, -0.25) is 5.32 Å². The number of nitrogens with one attached hydrogen (secondary N) is 2. The summed E-state index contributed by atoms with van der Waals surface area (Å²) in [4.78, 5) is 15.4. The van der Waals surface area contributed by atoms with Crippen molar-refractivity contribution in [3.8, 4) is 0 Å². The van der Waals surface area contributed by atoms with Gasteiger partial charge in [0.2, 0.25) is 10.0 Å². The summed E-state index contributed by atoms with van der Waals surface area (Å²) in [6.07, 6.45) is 3.41. The minimum absolute atomic E-state index is 0.0209. The van der Waals surface area contributed by atoms with Gasteiger partial charge < -0.3 is 10.1 Å². The first-order valence-corrected chi connectivity index (χ1v) is 9.49. The molecule has 1 amide bonds. The van der Waals surface area contributed by atoms with Crippen LogP contribution in [0.1, 0.15) is 26.2 Å². The highest BCUT2D eigenvalue weighted by atomic mass is 32.2. The quantitative estimate of drug-likeness (QED) is 0.776. The van der Waals surface area contributed by atoms with Crippen molar-refractivity contribution in [2.24, 2.45) is 0 Å². The summed E-state index contributed by atoms with van der Waals surface area (Å²) < 4.78 is 31.2. The predicted molar refractivity (Wildman–Crippen MR) is 93.2 cm³/mol. The van der Waals surface area contributed by atoms with Crippen LogP contribution in [-0.4, -0.2) is 48.6 Å². The van der Waals surface area contributed by atoms with Crippen LogP contribution in [-0.2, 0) is 14.8 Å². The number of alkyl carbamates (subject to hydrolysis) is 1. The Morgan fingerprint density at radius 2 is 2.04 bits per heavy atom. The molecule has 0 unspecified atom stereocenters. The van der Waals surface area contributed by atoms with Crippen LogP contribution in [0.2, 0.25) is 0 Å². The molecule has 1 saturated heterocycles. The number of piperidine rings is 1. The van der Waals surface area contributed by atoms with E-state index in [1.54, 1.807) is 6.92 Å². The number of hydrogen-bond acceptors (Lipinski definition) is 6. The minimum Gasteiger partial charge on any atom is -0.450 e. The van der Waals surface area contributed by atoms with Crippen molar-refractivity contribution in [1.29, 1.82) is 0 Å². The summed E-state index contributed by atoms with van der Waals surface area (Å²) in [5.74, 6) is 0.328. The van der Waals surface area contributed by atoms with Gasteiger partial charge >= 0.3 is 6.09 Å². The summed E-state index contributed by atoms with van der Waals surface area (Å²) in [6, 6.07) is 2.96. The van der Waals surface area contributed by atoms with Gasteiger partial charge in [-0.05, 0) is 44.1 Å². The Bertz CT molecular complexity index is 685. The summed E-state index contributed by atoms with van der Waals surface area (Å²) in [5, 5.41) is 5.03. The number of rotatable bonds is 4. The SMILES string of the molecule is CCOC(=O)NC(=S)Nc1ccc(S(=O)(=O)N2CCCCC2)cn1. The molecule has 0 aromatic carbocycles. The zero-order valence-electron chi connectivity index (χ0n) is 13.3. The molecule has 1 aromatic rings. The lowest BCUT2D eigenvalue weighted by Gasteiger charge is -2.25. The van der Waals surface area contributed by atoms with Crippen LogP contribution >= 0.6 is 12.2 Å². The normalized spacial score (nSPS) is 15.5. The Morgan fingerprint density at radius 1 is 1.33 bits per heavy atom. The van der Waals surface area contributed by atoms with Crippen molar-refractivity contribution < 1.29 is 17.9 Å². The van der Waals surface area contributed by atoms with Gasteiger partial charge in [-0.25, -0.2) is 18.2 Å². The van der Waals surface area contributed by atoms with E-state index >= 15 is 0 Å². The van der Waals surface area contributed by atoms with Gasteiger partial charge in [-0.15, -0.1) is 0 Å². The number of hydrogen-bond donors (Lipinski definition) is 2. The number of sulfonamides is 1. The first kappa shape index (κ1) is 18.6. The maximum Gasteiger partial charge on any atom is 0.413 e. The van der Waals surface area contributed by atoms with E-state index in [1.807, 2.05) is 0 Å². The molecule has 2 rings (SSSR count).